The Balaban J connectivity index is 2.90. The SMILES string of the molecule is CCCC(O)(CCC)CC(=O)NC(C(=O)O)c1ccc(F)c(C)c1. The minimum atomic E-state index is -1.27. The average Bonchev–Trinajstić information content (AvgIpc) is 2.47. The van der Waals surface area contributed by atoms with E-state index < -0.39 is 29.3 Å². The summed E-state index contributed by atoms with van der Waals surface area (Å²) >= 11 is 0. The highest BCUT2D eigenvalue weighted by molar-refractivity contribution is 5.85. The highest BCUT2D eigenvalue weighted by atomic mass is 19.1. The molecule has 0 fully saturated rings. The highest BCUT2D eigenvalue weighted by Crippen LogP contribution is 2.24. The number of aryl methyl sites for hydroxylation is 1. The third-order valence-corrected chi connectivity index (χ3v) is 3.99. The summed E-state index contributed by atoms with van der Waals surface area (Å²) in [6.45, 7) is 5.36. The van der Waals surface area contributed by atoms with E-state index in [4.69, 9.17) is 0 Å². The molecule has 0 bridgehead atoms. The van der Waals surface area contributed by atoms with E-state index in [-0.39, 0.29) is 6.42 Å². The zero-order chi connectivity index (χ0) is 18.3. The molecule has 0 aromatic heterocycles. The molecule has 0 saturated heterocycles. The molecule has 134 valence electrons. The molecule has 1 aromatic rings. The topological polar surface area (TPSA) is 86.6 Å². The van der Waals surface area contributed by atoms with E-state index >= 15 is 0 Å². The standard InChI is InChI=1S/C18H26FNO4/c1-4-8-18(24,9-5-2)11-15(21)20-16(17(22)23)13-6-7-14(19)12(3)10-13/h6-7,10,16,24H,4-5,8-9,11H2,1-3H3,(H,20,21)(H,22,23). The third-order valence-electron chi connectivity index (χ3n) is 3.99. The van der Waals surface area contributed by atoms with E-state index in [9.17, 15) is 24.2 Å². The Morgan fingerprint density at radius 3 is 2.29 bits per heavy atom. The molecule has 0 spiro atoms. The van der Waals surface area contributed by atoms with Gasteiger partial charge in [-0.1, -0.05) is 38.8 Å². The molecule has 0 aliphatic heterocycles. The Hall–Kier alpha value is -1.95. The van der Waals surface area contributed by atoms with E-state index in [0.29, 0.717) is 24.0 Å². The maximum Gasteiger partial charge on any atom is 0.330 e. The number of benzene rings is 1. The Bertz CT molecular complexity index is 582. The molecule has 0 heterocycles. The molecule has 24 heavy (non-hydrogen) atoms. The second-order valence-corrected chi connectivity index (χ2v) is 6.25. The first kappa shape index (κ1) is 20.1. The molecular weight excluding hydrogens is 313 g/mol. The number of carbonyl (C=O) groups excluding carboxylic acids is 1. The molecule has 0 radical (unpaired) electrons. The maximum absolute atomic E-state index is 13.3. The summed E-state index contributed by atoms with van der Waals surface area (Å²) in [7, 11) is 0. The number of hydrogen-bond acceptors (Lipinski definition) is 3. The first-order valence-electron chi connectivity index (χ1n) is 8.23. The number of halogens is 1. The second-order valence-electron chi connectivity index (χ2n) is 6.25. The highest BCUT2D eigenvalue weighted by Gasteiger charge is 2.30. The van der Waals surface area contributed by atoms with E-state index in [1.165, 1.54) is 25.1 Å². The smallest absolute Gasteiger partial charge is 0.330 e. The normalized spacial score (nSPS) is 12.7. The van der Waals surface area contributed by atoms with Crippen molar-refractivity contribution < 1.29 is 24.2 Å². The summed E-state index contributed by atoms with van der Waals surface area (Å²) in [5.74, 6) is -2.20. The van der Waals surface area contributed by atoms with E-state index in [2.05, 4.69) is 5.32 Å². The summed E-state index contributed by atoms with van der Waals surface area (Å²) in [6.07, 6.45) is 2.24. The minimum absolute atomic E-state index is 0.154. The predicted molar refractivity (Wildman–Crippen MR) is 89.0 cm³/mol. The van der Waals surface area contributed by atoms with Gasteiger partial charge in [0, 0.05) is 0 Å². The molecule has 1 unspecified atom stereocenters. The lowest BCUT2D eigenvalue weighted by molar-refractivity contribution is -0.143. The van der Waals surface area contributed by atoms with Crippen molar-refractivity contribution in [1.29, 1.82) is 0 Å². The Morgan fingerprint density at radius 1 is 1.25 bits per heavy atom. The Labute approximate surface area is 141 Å². The van der Waals surface area contributed by atoms with Crippen molar-refractivity contribution in [2.45, 2.75) is 64.5 Å². The minimum Gasteiger partial charge on any atom is -0.479 e. The van der Waals surface area contributed by atoms with Gasteiger partial charge in [0.1, 0.15) is 5.82 Å². The number of hydrogen-bond donors (Lipinski definition) is 3. The van der Waals surface area contributed by atoms with Crippen molar-refractivity contribution in [2.75, 3.05) is 0 Å². The van der Waals surface area contributed by atoms with Gasteiger partial charge < -0.3 is 15.5 Å². The van der Waals surface area contributed by atoms with E-state index in [1.54, 1.807) is 0 Å². The fraction of sp³-hybridized carbons (Fsp3) is 0.556. The van der Waals surface area contributed by atoms with Crippen molar-refractivity contribution in [3.8, 4) is 0 Å². The Kier molecular flexibility index (Phi) is 7.35. The lowest BCUT2D eigenvalue weighted by Gasteiger charge is -2.27. The van der Waals surface area contributed by atoms with Crippen LogP contribution in [0.2, 0.25) is 0 Å². The molecule has 0 aliphatic rings. The predicted octanol–water partition coefficient (Wildman–Crippen LogP) is 3.10. The van der Waals surface area contributed by atoms with E-state index in [0.717, 1.165) is 12.8 Å². The van der Waals surface area contributed by atoms with Crippen LogP contribution in [0.5, 0.6) is 0 Å². The largest absolute Gasteiger partial charge is 0.479 e. The van der Waals surface area contributed by atoms with Crippen LogP contribution in [0.1, 0.15) is 63.1 Å². The van der Waals surface area contributed by atoms with Crippen LogP contribution in [0.25, 0.3) is 0 Å². The van der Waals surface area contributed by atoms with Crippen LogP contribution in [0.4, 0.5) is 4.39 Å². The number of rotatable bonds is 9. The fourth-order valence-electron chi connectivity index (χ4n) is 2.88. The number of nitrogens with one attached hydrogen (secondary N) is 1. The van der Waals surface area contributed by atoms with Crippen LogP contribution in [0.3, 0.4) is 0 Å². The van der Waals surface area contributed by atoms with Crippen LogP contribution >= 0.6 is 0 Å². The van der Waals surface area contributed by atoms with Crippen molar-refractivity contribution in [1.82, 2.24) is 5.32 Å². The molecule has 5 nitrogen and oxygen atoms in total. The first-order valence-corrected chi connectivity index (χ1v) is 8.23. The number of carbonyl (C=O) groups is 2. The molecule has 1 aromatic carbocycles. The van der Waals surface area contributed by atoms with Crippen molar-refractivity contribution >= 4 is 11.9 Å². The monoisotopic (exact) mass is 339 g/mol. The number of aliphatic hydroxyl groups is 1. The van der Waals surface area contributed by atoms with Gasteiger partial charge in [-0.3, -0.25) is 4.79 Å². The lowest BCUT2D eigenvalue weighted by atomic mass is 9.89. The summed E-state index contributed by atoms with van der Waals surface area (Å²) in [5.41, 5.74) is -0.527. The van der Waals surface area contributed by atoms with Gasteiger partial charge in [-0.15, -0.1) is 0 Å². The molecule has 1 atom stereocenters. The zero-order valence-corrected chi connectivity index (χ0v) is 14.4. The van der Waals surface area contributed by atoms with Crippen molar-refractivity contribution in [3.63, 3.8) is 0 Å². The molecule has 1 rings (SSSR count). The molecule has 6 heteroatoms. The van der Waals surface area contributed by atoms with Gasteiger partial charge >= 0.3 is 5.97 Å². The van der Waals surface area contributed by atoms with Gasteiger partial charge in [-0.25, -0.2) is 9.18 Å². The van der Waals surface area contributed by atoms with Gasteiger partial charge in [-0.05, 0) is 37.0 Å². The molecule has 3 N–H and O–H groups in total. The zero-order valence-electron chi connectivity index (χ0n) is 14.4. The number of carboxylic acid groups (broad SMARTS) is 1. The molecule has 1 amide bonds. The van der Waals surface area contributed by atoms with Gasteiger partial charge in [-0.2, -0.15) is 0 Å². The average molecular weight is 339 g/mol. The third kappa shape index (κ3) is 5.60. The summed E-state index contributed by atoms with van der Waals surface area (Å²) in [4.78, 5) is 23.7. The van der Waals surface area contributed by atoms with Crippen LogP contribution in [-0.4, -0.2) is 27.7 Å². The first-order chi connectivity index (χ1) is 11.2. The second kappa shape index (κ2) is 8.78. The summed E-state index contributed by atoms with van der Waals surface area (Å²) in [6, 6.07) is 2.64. The van der Waals surface area contributed by atoms with Gasteiger partial charge in [0.15, 0.2) is 6.04 Å². The number of amides is 1. The van der Waals surface area contributed by atoms with Gasteiger partial charge in [0.2, 0.25) is 5.91 Å². The Morgan fingerprint density at radius 2 is 1.83 bits per heavy atom. The van der Waals surface area contributed by atoms with Crippen molar-refractivity contribution in [2.24, 2.45) is 0 Å². The quantitative estimate of drug-likeness (QED) is 0.645. The van der Waals surface area contributed by atoms with Crippen LogP contribution in [-0.2, 0) is 9.59 Å². The summed E-state index contributed by atoms with van der Waals surface area (Å²) in [5, 5.41) is 22.3. The number of aliphatic carboxylic acids is 1. The molecule has 0 saturated carbocycles. The van der Waals surface area contributed by atoms with Crippen LogP contribution in [0.15, 0.2) is 18.2 Å². The lowest BCUT2D eigenvalue weighted by Crippen LogP contribution is -2.40. The summed E-state index contributed by atoms with van der Waals surface area (Å²) < 4.78 is 13.3. The van der Waals surface area contributed by atoms with Crippen LogP contribution in [0, 0.1) is 12.7 Å². The fourth-order valence-corrected chi connectivity index (χ4v) is 2.88. The molecule has 0 aliphatic carbocycles. The molecular formula is C18H26FNO4. The van der Waals surface area contributed by atoms with Crippen LogP contribution < -0.4 is 5.32 Å². The maximum atomic E-state index is 13.3. The van der Waals surface area contributed by atoms with Gasteiger partial charge in [0.25, 0.3) is 0 Å². The number of carboxylic acids is 1. The van der Waals surface area contributed by atoms with Gasteiger partial charge in [0.05, 0.1) is 12.0 Å². The van der Waals surface area contributed by atoms with Crippen molar-refractivity contribution in [3.05, 3.63) is 35.1 Å². The van der Waals surface area contributed by atoms with E-state index in [1.807, 2.05) is 13.8 Å².